The predicted molar refractivity (Wildman–Crippen MR) is 105 cm³/mol. The number of ether oxygens (including phenoxy) is 2. The highest BCUT2D eigenvalue weighted by Crippen LogP contribution is 2.33. The number of pyridine rings is 1. The number of aromatic nitrogens is 1. The van der Waals surface area contributed by atoms with Crippen molar-refractivity contribution in [3.63, 3.8) is 0 Å². The second kappa shape index (κ2) is 6.50. The van der Waals surface area contributed by atoms with E-state index in [0.29, 0.717) is 17.4 Å². The van der Waals surface area contributed by atoms with Crippen LogP contribution in [0.3, 0.4) is 0 Å². The molecule has 0 aliphatic carbocycles. The lowest BCUT2D eigenvalue weighted by Crippen LogP contribution is -1.88. The summed E-state index contributed by atoms with van der Waals surface area (Å²) in [6, 6.07) is 26.8. The number of rotatable bonds is 4. The van der Waals surface area contributed by atoms with Crippen LogP contribution in [0.4, 0.5) is 0 Å². The lowest BCUT2D eigenvalue weighted by Gasteiger charge is -2.08. The molecule has 2 aromatic heterocycles. The van der Waals surface area contributed by atoms with Crippen molar-refractivity contribution in [3.8, 4) is 23.1 Å². The SMILES string of the molecule is c1ccc(Oc2cccc(Oc3ccc4oc5ccccc5c4c3)c2)nc1. The first-order valence-corrected chi connectivity index (χ1v) is 8.63. The fourth-order valence-corrected chi connectivity index (χ4v) is 3.03. The Morgan fingerprint density at radius 2 is 1.37 bits per heavy atom. The monoisotopic (exact) mass is 353 g/mol. The topological polar surface area (TPSA) is 44.5 Å². The second-order valence-corrected chi connectivity index (χ2v) is 6.10. The normalized spacial score (nSPS) is 11.0. The van der Waals surface area contributed by atoms with Crippen molar-refractivity contribution < 1.29 is 13.9 Å². The van der Waals surface area contributed by atoms with Crippen LogP contribution >= 0.6 is 0 Å². The lowest BCUT2D eigenvalue weighted by atomic mass is 10.1. The molecule has 5 aromatic rings. The van der Waals surface area contributed by atoms with Crippen LogP contribution in [0.1, 0.15) is 0 Å². The van der Waals surface area contributed by atoms with Crippen LogP contribution in [0.2, 0.25) is 0 Å². The Hall–Kier alpha value is -3.79. The number of benzene rings is 3. The highest BCUT2D eigenvalue weighted by atomic mass is 16.5. The summed E-state index contributed by atoms with van der Waals surface area (Å²) in [5.74, 6) is 2.64. The Morgan fingerprint density at radius 1 is 0.593 bits per heavy atom. The summed E-state index contributed by atoms with van der Waals surface area (Å²) < 4.78 is 17.7. The maximum Gasteiger partial charge on any atom is 0.219 e. The van der Waals surface area contributed by atoms with Gasteiger partial charge in [0.05, 0.1) is 0 Å². The number of hydrogen-bond acceptors (Lipinski definition) is 4. The van der Waals surface area contributed by atoms with E-state index in [1.165, 1.54) is 0 Å². The molecule has 130 valence electrons. The number of hydrogen-bond donors (Lipinski definition) is 0. The minimum Gasteiger partial charge on any atom is -0.457 e. The molecule has 2 heterocycles. The number of para-hydroxylation sites is 1. The fraction of sp³-hybridized carbons (Fsp3) is 0. The molecular formula is C23H15NO3. The maximum atomic E-state index is 6.04. The van der Waals surface area contributed by atoms with Crippen LogP contribution in [0.15, 0.2) is 95.5 Å². The van der Waals surface area contributed by atoms with E-state index >= 15 is 0 Å². The molecule has 0 amide bonds. The van der Waals surface area contributed by atoms with Crippen LogP contribution in [0, 0.1) is 0 Å². The predicted octanol–water partition coefficient (Wildman–Crippen LogP) is 6.57. The van der Waals surface area contributed by atoms with Gasteiger partial charge in [-0.05, 0) is 42.5 Å². The third-order valence-electron chi connectivity index (χ3n) is 4.25. The summed E-state index contributed by atoms with van der Waals surface area (Å²) in [5.41, 5.74) is 1.71. The number of fused-ring (bicyclic) bond motifs is 3. The van der Waals surface area contributed by atoms with Gasteiger partial charge < -0.3 is 13.9 Å². The molecule has 4 nitrogen and oxygen atoms in total. The molecule has 27 heavy (non-hydrogen) atoms. The molecule has 4 heteroatoms. The Morgan fingerprint density at radius 3 is 2.26 bits per heavy atom. The quantitative estimate of drug-likeness (QED) is 0.367. The molecule has 0 aliphatic rings. The summed E-state index contributed by atoms with van der Waals surface area (Å²) in [5, 5.41) is 2.11. The van der Waals surface area contributed by atoms with E-state index in [0.717, 1.165) is 27.7 Å². The van der Waals surface area contributed by atoms with Crippen molar-refractivity contribution in [2.75, 3.05) is 0 Å². The third kappa shape index (κ3) is 3.09. The first kappa shape index (κ1) is 15.5. The molecule has 0 saturated heterocycles. The standard InChI is InChI=1S/C23H15NO3/c1-2-9-21-19(8-1)20-15-18(11-12-22(20)27-21)25-16-6-5-7-17(14-16)26-23-10-3-4-13-24-23/h1-15H. The van der Waals surface area contributed by atoms with Gasteiger partial charge in [-0.15, -0.1) is 0 Å². The molecule has 0 saturated carbocycles. The van der Waals surface area contributed by atoms with E-state index in [4.69, 9.17) is 13.9 Å². The Balaban J connectivity index is 1.44. The summed E-state index contributed by atoms with van der Waals surface area (Å²) in [7, 11) is 0. The molecule has 5 rings (SSSR count). The molecule has 0 aliphatic heterocycles. The van der Waals surface area contributed by atoms with Crippen molar-refractivity contribution in [1.29, 1.82) is 0 Å². The van der Waals surface area contributed by atoms with Gasteiger partial charge in [-0.1, -0.05) is 30.3 Å². The molecule has 0 spiro atoms. The zero-order valence-corrected chi connectivity index (χ0v) is 14.3. The molecule has 0 unspecified atom stereocenters. The van der Waals surface area contributed by atoms with Gasteiger partial charge in [-0.25, -0.2) is 4.98 Å². The molecular weight excluding hydrogens is 338 g/mol. The summed E-state index contributed by atoms with van der Waals surface area (Å²) >= 11 is 0. The van der Waals surface area contributed by atoms with E-state index in [9.17, 15) is 0 Å². The molecule has 0 atom stereocenters. The highest BCUT2D eigenvalue weighted by Gasteiger charge is 2.08. The van der Waals surface area contributed by atoms with Crippen LogP contribution in [0.25, 0.3) is 21.9 Å². The van der Waals surface area contributed by atoms with E-state index in [2.05, 4.69) is 4.98 Å². The van der Waals surface area contributed by atoms with E-state index in [1.807, 2.05) is 84.9 Å². The van der Waals surface area contributed by atoms with Crippen molar-refractivity contribution in [2.24, 2.45) is 0 Å². The van der Waals surface area contributed by atoms with Crippen LogP contribution in [0.5, 0.6) is 23.1 Å². The average Bonchev–Trinajstić information content (AvgIpc) is 3.07. The fourth-order valence-electron chi connectivity index (χ4n) is 3.03. The summed E-state index contributed by atoms with van der Waals surface area (Å²) in [6.07, 6.45) is 1.69. The first-order chi connectivity index (χ1) is 13.3. The zero-order chi connectivity index (χ0) is 18.1. The second-order valence-electron chi connectivity index (χ2n) is 6.10. The molecule has 0 N–H and O–H groups in total. The highest BCUT2D eigenvalue weighted by molar-refractivity contribution is 6.05. The zero-order valence-electron chi connectivity index (χ0n) is 14.3. The molecule has 0 bridgehead atoms. The van der Waals surface area contributed by atoms with Crippen LogP contribution < -0.4 is 9.47 Å². The summed E-state index contributed by atoms with van der Waals surface area (Å²) in [6.45, 7) is 0. The number of furan rings is 1. The lowest BCUT2D eigenvalue weighted by molar-refractivity contribution is 0.449. The van der Waals surface area contributed by atoms with Crippen molar-refractivity contribution in [2.45, 2.75) is 0 Å². The van der Waals surface area contributed by atoms with Gasteiger partial charge in [0.15, 0.2) is 0 Å². The smallest absolute Gasteiger partial charge is 0.219 e. The van der Waals surface area contributed by atoms with Crippen molar-refractivity contribution in [3.05, 3.63) is 91.1 Å². The van der Waals surface area contributed by atoms with Crippen molar-refractivity contribution >= 4 is 21.9 Å². The van der Waals surface area contributed by atoms with E-state index in [-0.39, 0.29) is 0 Å². The average molecular weight is 353 g/mol. The van der Waals surface area contributed by atoms with Crippen molar-refractivity contribution in [1.82, 2.24) is 4.98 Å². The Labute approximate surface area is 155 Å². The number of nitrogens with zero attached hydrogens (tertiary/aromatic N) is 1. The minimum atomic E-state index is 0.543. The van der Waals surface area contributed by atoms with Crippen LogP contribution in [-0.2, 0) is 0 Å². The Kier molecular flexibility index (Phi) is 3.72. The van der Waals surface area contributed by atoms with Gasteiger partial charge >= 0.3 is 0 Å². The van der Waals surface area contributed by atoms with Gasteiger partial charge in [0.1, 0.15) is 28.4 Å². The van der Waals surface area contributed by atoms with E-state index in [1.54, 1.807) is 6.20 Å². The minimum absolute atomic E-state index is 0.543. The maximum absolute atomic E-state index is 6.04. The largest absolute Gasteiger partial charge is 0.457 e. The molecule has 0 fully saturated rings. The third-order valence-corrected chi connectivity index (χ3v) is 4.25. The van der Waals surface area contributed by atoms with Gasteiger partial charge in [-0.3, -0.25) is 0 Å². The molecule has 0 radical (unpaired) electrons. The first-order valence-electron chi connectivity index (χ1n) is 8.63. The van der Waals surface area contributed by atoms with Gasteiger partial charge in [-0.2, -0.15) is 0 Å². The summed E-state index contributed by atoms with van der Waals surface area (Å²) in [4.78, 5) is 4.17. The van der Waals surface area contributed by atoms with E-state index < -0.39 is 0 Å². The van der Waals surface area contributed by atoms with Gasteiger partial charge in [0, 0.05) is 29.1 Å². The Bertz CT molecular complexity index is 1230. The van der Waals surface area contributed by atoms with Gasteiger partial charge in [0.2, 0.25) is 5.88 Å². The van der Waals surface area contributed by atoms with Crippen LogP contribution in [-0.4, -0.2) is 4.98 Å². The van der Waals surface area contributed by atoms with Gasteiger partial charge in [0.25, 0.3) is 0 Å². The molecule has 3 aromatic carbocycles.